The van der Waals surface area contributed by atoms with Crippen LogP contribution < -0.4 is 10.6 Å². The lowest BCUT2D eigenvalue weighted by Gasteiger charge is -2.07. The van der Waals surface area contributed by atoms with Gasteiger partial charge in [-0.3, -0.25) is 4.79 Å². The van der Waals surface area contributed by atoms with E-state index in [0.717, 1.165) is 11.3 Å². The number of carbonyl (C=O) groups excluding carboxylic acids is 1. The van der Waals surface area contributed by atoms with Gasteiger partial charge in [0.2, 0.25) is 0 Å². The number of hydrogen-bond acceptors (Lipinski definition) is 4. The quantitative estimate of drug-likeness (QED) is 0.696. The number of aromatic nitrogens is 3. The molecule has 0 radical (unpaired) electrons. The average molecular weight is 281 g/mol. The molecule has 0 aliphatic heterocycles. The van der Waals surface area contributed by atoms with Crippen molar-refractivity contribution in [1.29, 1.82) is 0 Å². The number of hydrogen-bond donors (Lipinski definition) is 2. The van der Waals surface area contributed by atoms with Crippen LogP contribution in [0, 0.1) is 0 Å². The molecule has 0 saturated carbocycles. The summed E-state index contributed by atoms with van der Waals surface area (Å²) < 4.78 is 1.86. The van der Waals surface area contributed by atoms with E-state index < -0.39 is 0 Å². The molecule has 0 aliphatic carbocycles. The van der Waals surface area contributed by atoms with E-state index in [1.54, 1.807) is 24.8 Å². The second kappa shape index (κ2) is 6.04. The largest absolute Gasteiger partial charge is 0.368 e. The third kappa shape index (κ3) is 3.17. The molecule has 0 aromatic carbocycles. The van der Waals surface area contributed by atoms with E-state index in [1.807, 2.05) is 34.9 Å². The molecule has 6 heteroatoms. The van der Waals surface area contributed by atoms with Crippen LogP contribution in [0.25, 0.3) is 5.52 Å². The van der Waals surface area contributed by atoms with Crippen molar-refractivity contribution < 1.29 is 4.79 Å². The van der Waals surface area contributed by atoms with Crippen LogP contribution >= 0.6 is 0 Å². The lowest BCUT2D eigenvalue weighted by Crippen LogP contribution is -2.28. The first-order chi connectivity index (χ1) is 10.3. The summed E-state index contributed by atoms with van der Waals surface area (Å²) in [5.74, 6) is 0.703. The van der Waals surface area contributed by atoms with Gasteiger partial charge in [-0.1, -0.05) is 6.07 Å². The lowest BCUT2D eigenvalue weighted by atomic mass is 10.2. The number of nitrogens with one attached hydrogen (secondary N) is 2. The number of pyridine rings is 2. The Morgan fingerprint density at radius 1 is 1.24 bits per heavy atom. The molecule has 3 heterocycles. The summed E-state index contributed by atoms with van der Waals surface area (Å²) in [6.45, 7) is 1.15. The number of nitrogens with zero attached hydrogens (tertiary/aromatic N) is 3. The summed E-state index contributed by atoms with van der Waals surface area (Å²) in [5.41, 5.74) is 1.52. The van der Waals surface area contributed by atoms with Gasteiger partial charge in [0.25, 0.3) is 5.91 Å². The fourth-order valence-corrected chi connectivity index (χ4v) is 2.00. The van der Waals surface area contributed by atoms with E-state index in [2.05, 4.69) is 20.6 Å². The molecule has 6 nitrogen and oxygen atoms in total. The molecule has 0 aliphatic rings. The topological polar surface area (TPSA) is 71.3 Å². The molecule has 0 atom stereocenters. The highest BCUT2D eigenvalue weighted by Gasteiger charge is 2.05. The summed E-state index contributed by atoms with van der Waals surface area (Å²) in [4.78, 5) is 20.2. The van der Waals surface area contributed by atoms with E-state index in [1.165, 1.54) is 0 Å². The number of rotatable bonds is 5. The van der Waals surface area contributed by atoms with Crippen LogP contribution in [0.1, 0.15) is 10.4 Å². The van der Waals surface area contributed by atoms with E-state index in [4.69, 9.17) is 0 Å². The van der Waals surface area contributed by atoms with Gasteiger partial charge in [-0.25, -0.2) is 9.97 Å². The van der Waals surface area contributed by atoms with Crippen LogP contribution in [-0.2, 0) is 0 Å². The average Bonchev–Trinajstić information content (AvgIpc) is 3.00. The maximum Gasteiger partial charge on any atom is 0.251 e. The molecule has 0 fully saturated rings. The van der Waals surface area contributed by atoms with Gasteiger partial charge in [0.1, 0.15) is 5.82 Å². The molecule has 21 heavy (non-hydrogen) atoms. The van der Waals surface area contributed by atoms with E-state index in [-0.39, 0.29) is 5.91 Å². The minimum atomic E-state index is -0.0958. The van der Waals surface area contributed by atoms with Crippen molar-refractivity contribution in [3.05, 3.63) is 60.8 Å². The summed E-state index contributed by atoms with van der Waals surface area (Å²) in [6.07, 6.45) is 6.97. The van der Waals surface area contributed by atoms with Crippen LogP contribution in [0.15, 0.2) is 55.2 Å². The van der Waals surface area contributed by atoms with Gasteiger partial charge in [-0.05, 0) is 24.3 Å². The van der Waals surface area contributed by atoms with Gasteiger partial charge in [0.05, 0.1) is 18.0 Å². The first kappa shape index (κ1) is 13.1. The molecule has 3 aromatic rings. The lowest BCUT2D eigenvalue weighted by molar-refractivity contribution is 0.0955. The van der Waals surface area contributed by atoms with Gasteiger partial charge in [-0.2, -0.15) is 0 Å². The first-order valence-electron chi connectivity index (χ1n) is 6.68. The van der Waals surface area contributed by atoms with Gasteiger partial charge in [0, 0.05) is 31.0 Å². The fourth-order valence-electron chi connectivity index (χ4n) is 2.00. The molecule has 0 bridgehead atoms. The number of amides is 1. The first-order valence-corrected chi connectivity index (χ1v) is 6.68. The zero-order chi connectivity index (χ0) is 14.5. The molecule has 0 spiro atoms. The van der Waals surface area contributed by atoms with E-state index in [9.17, 15) is 4.79 Å². The minimum absolute atomic E-state index is 0.0958. The Morgan fingerprint density at radius 2 is 2.19 bits per heavy atom. The highest BCUT2D eigenvalue weighted by atomic mass is 16.1. The Bertz CT molecular complexity index is 738. The Kier molecular flexibility index (Phi) is 3.77. The highest BCUT2D eigenvalue weighted by molar-refractivity contribution is 5.95. The predicted molar refractivity (Wildman–Crippen MR) is 80.3 cm³/mol. The Morgan fingerprint density at radius 3 is 3.05 bits per heavy atom. The second-order valence-electron chi connectivity index (χ2n) is 4.54. The monoisotopic (exact) mass is 281 g/mol. The molecule has 2 N–H and O–H groups in total. The van der Waals surface area contributed by atoms with Crippen molar-refractivity contribution in [3.63, 3.8) is 0 Å². The van der Waals surface area contributed by atoms with Gasteiger partial charge >= 0.3 is 0 Å². The summed E-state index contributed by atoms with van der Waals surface area (Å²) >= 11 is 0. The molecule has 106 valence electrons. The molecular weight excluding hydrogens is 266 g/mol. The predicted octanol–water partition coefficient (Wildman–Crippen LogP) is 1.57. The van der Waals surface area contributed by atoms with Crippen molar-refractivity contribution >= 4 is 17.2 Å². The Labute approximate surface area is 121 Å². The van der Waals surface area contributed by atoms with Crippen LogP contribution in [0.2, 0.25) is 0 Å². The molecule has 0 unspecified atom stereocenters. The normalized spacial score (nSPS) is 10.5. The van der Waals surface area contributed by atoms with Crippen molar-refractivity contribution in [1.82, 2.24) is 19.7 Å². The van der Waals surface area contributed by atoms with Crippen molar-refractivity contribution in [2.24, 2.45) is 0 Å². The van der Waals surface area contributed by atoms with Crippen molar-refractivity contribution in [3.8, 4) is 0 Å². The number of imidazole rings is 1. The zero-order valence-electron chi connectivity index (χ0n) is 11.4. The SMILES string of the molecule is O=C(NCCNc1ccccn1)c1ccn2cncc2c1. The molecule has 3 rings (SSSR count). The molecule has 1 amide bonds. The number of carbonyl (C=O) groups is 1. The van der Waals surface area contributed by atoms with Crippen LogP contribution in [-0.4, -0.2) is 33.4 Å². The standard InChI is InChI=1S/C15H15N5O/c21-15(12-4-8-20-11-16-10-13(20)9-12)19-7-6-18-14-3-1-2-5-17-14/h1-5,8-11H,6-7H2,(H,17,18)(H,19,21). The van der Waals surface area contributed by atoms with Crippen LogP contribution in [0.4, 0.5) is 5.82 Å². The van der Waals surface area contributed by atoms with Gasteiger partial charge < -0.3 is 15.0 Å². The maximum absolute atomic E-state index is 12.0. The minimum Gasteiger partial charge on any atom is -0.368 e. The smallest absolute Gasteiger partial charge is 0.251 e. The Hall–Kier alpha value is -2.89. The van der Waals surface area contributed by atoms with Gasteiger partial charge in [-0.15, -0.1) is 0 Å². The molecule has 3 aromatic heterocycles. The van der Waals surface area contributed by atoms with E-state index in [0.29, 0.717) is 18.7 Å². The van der Waals surface area contributed by atoms with Crippen molar-refractivity contribution in [2.45, 2.75) is 0 Å². The van der Waals surface area contributed by atoms with E-state index >= 15 is 0 Å². The summed E-state index contributed by atoms with van der Waals surface area (Å²) in [5, 5.41) is 6.00. The third-order valence-electron chi connectivity index (χ3n) is 3.06. The third-order valence-corrected chi connectivity index (χ3v) is 3.06. The van der Waals surface area contributed by atoms with Crippen LogP contribution in [0.3, 0.4) is 0 Å². The highest BCUT2D eigenvalue weighted by Crippen LogP contribution is 2.06. The summed E-state index contributed by atoms with van der Waals surface area (Å²) in [6, 6.07) is 9.24. The van der Waals surface area contributed by atoms with Crippen molar-refractivity contribution in [2.75, 3.05) is 18.4 Å². The number of anilines is 1. The molecule has 0 saturated heterocycles. The zero-order valence-corrected chi connectivity index (χ0v) is 11.4. The summed E-state index contributed by atoms with van der Waals surface area (Å²) in [7, 11) is 0. The van der Waals surface area contributed by atoms with Gasteiger partial charge in [0.15, 0.2) is 0 Å². The second-order valence-corrected chi connectivity index (χ2v) is 4.54. The Balaban J connectivity index is 1.52. The fraction of sp³-hybridized carbons (Fsp3) is 0.133. The molecular formula is C15H15N5O. The van der Waals surface area contributed by atoms with Crippen LogP contribution in [0.5, 0.6) is 0 Å². The number of fused-ring (bicyclic) bond motifs is 1. The maximum atomic E-state index is 12.0.